The van der Waals surface area contributed by atoms with E-state index in [4.69, 9.17) is 15.5 Å². The van der Waals surface area contributed by atoms with E-state index in [-0.39, 0.29) is 11.8 Å². The van der Waals surface area contributed by atoms with Gasteiger partial charge in [0.15, 0.2) is 5.96 Å². The summed E-state index contributed by atoms with van der Waals surface area (Å²) >= 11 is 0. The van der Waals surface area contributed by atoms with Gasteiger partial charge in [-0.15, -0.1) is 0 Å². The number of benzene rings is 1. The summed E-state index contributed by atoms with van der Waals surface area (Å²) in [5.41, 5.74) is 6.45. The van der Waals surface area contributed by atoms with Crippen LogP contribution in [0, 0.1) is 5.92 Å². The minimum absolute atomic E-state index is 0.0640. The first kappa shape index (κ1) is 23.7. The van der Waals surface area contributed by atoms with Gasteiger partial charge in [0.05, 0.1) is 6.54 Å². The number of nitrogens with one attached hydrogen (secondary N) is 2. The number of amides is 1. The van der Waals surface area contributed by atoms with Crippen LogP contribution in [-0.4, -0.2) is 56.1 Å². The highest BCUT2D eigenvalue weighted by Gasteiger charge is 2.22. The summed E-state index contributed by atoms with van der Waals surface area (Å²) in [6.45, 7) is 11.5. The summed E-state index contributed by atoms with van der Waals surface area (Å²) in [7, 11) is 0. The molecule has 166 valence electrons. The van der Waals surface area contributed by atoms with Crippen molar-refractivity contribution in [3.05, 3.63) is 42.5 Å². The van der Waals surface area contributed by atoms with Crippen LogP contribution in [0.1, 0.15) is 38.2 Å². The number of primary amides is 1. The molecule has 1 saturated heterocycles. The van der Waals surface area contributed by atoms with Gasteiger partial charge in [0.25, 0.3) is 0 Å². The lowest BCUT2D eigenvalue weighted by atomic mass is 9.96. The lowest BCUT2D eigenvalue weighted by Crippen LogP contribution is -2.39. The first-order valence-electron chi connectivity index (χ1n) is 11.0. The highest BCUT2D eigenvalue weighted by Crippen LogP contribution is 2.19. The van der Waals surface area contributed by atoms with E-state index in [0.29, 0.717) is 13.2 Å². The predicted octanol–water partition coefficient (Wildman–Crippen LogP) is 2.28. The van der Waals surface area contributed by atoms with Crippen LogP contribution >= 0.6 is 0 Å². The van der Waals surface area contributed by atoms with Crippen molar-refractivity contribution in [1.82, 2.24) is 15.5 Å². The van der Waals surface area contributed by atoms with E-state index in [0.717, 1.165) is 75.7 Å². The summed E-state index contributed by atoms with van der Waals surface area (Å²) in [5.74, 6) is 1.58. The van der Waals surface area contributed by atoms with Crippen molar-refractivity contribution in [3.63, 3.8) is 0 Å². The van der Waals surface area contributed by atoms with Crippen LogP contribution in [0.4, 0.5) is 0 Å². The standard InChI is InChI=1S/C23H37N5O2/c1-3-17-30-21-10-6-5-9-20(21)18-27-23(25-4-2)26-13-7-8-14-28-15-11-19(12-16-28)22(24)29/h3,5-6,9-10,19H,1,4,7-8,11-18H2,2H3,(H2,24,29)(H2,25,26,27). The summed E-state index contributed by atoms with van der Waals surface area (Å²) < 4.78 is 5.71. The summed E-state index contributed by atoms with van der Waals surface area (Å²) in [4.78, 5) is 18.4. The molecule has 0 bridgehead atoms. The number of carbonyl (C=O) groups excluding carboxylic acids is 1. The molecule has 0 radical (unpaired) electrons. The predicted molar refractivity (Wildman–Crippen MR) is 123 cm³/mol. The van der Waals surface area contributed by atoms with Gasteiger partial charge < -0.3 is 26.0 Å². The SMILES string of the molecule is C=CCOc1ccccc1CN=C(NCC)NCCCCN1CCC(C(N)=O)CC1. The fourth-order valence-electron chi connectivity index (χ4n) is 3.54. The molecule has 0 unspecified atom stereocenters. The minimum Gasteiger partial charge on any atom is -0.489 e. The molecule has 2 rings (SSSR count). The molecule has 7 nitrogen and oxygen atoms in total. The number of piperidine rings is 1. The number of carbonyl (C=O) groups is 1. The number of nitrogens with zero attached hydrogens (tertiary/aromatic N) is 2. The molecule has 4 N–H and O–H groups in total. The van der Waals surface area contributed by atoms with Gasteiger partial charge in [-0.25, -0.2) is 4.99 Å². The zero-order valence-corrected chi connectivity index (χ0v) is 18.2. The van der Waals surface area contributed by atoms with Crippen LogP contribution in [0.15, 0.2) is 41.9 Å². The first-order chi connectivity index (χ1) is 14.6. The average Bonchev–Trinajstić information content (AvgIpc) is 2.76. The quantitative estimate of drug-likeness (QED) is 0.211. The Morgan fingerprint density at radius 3 is 2.77 bits per heavy atom. The molecule has 1 amide bonds. The Kier molecular flexibility index (Phi) is 10.8. The second-order valence-electron chi connectivity index (χ2n) is 7.55. The molecule has 0 aliphatic carbocycles. The third-order valence-corrected chi connectivity index (χ3v) is 5.26. The molecule has 0 aromatic heterocycles. The molecule has 30 heavy (non-hydrogen) atoms. The van der Waals surface area contributed by atoms with Crippen molar-refractivity contribution in [2.75, 3.05) is 39.3 Å². The second-order valence-corrected chi connectivity index (χ2v) is 7.55. The van der Waals surface area contributed by atoms with Gasteiger partial charge in [0.2, 0.25) is 5.91 Å². The lowest BCUT2D eigenvalue weighted by Gasteiger charge is -2.30. The maximum absolute atomic E-state index is 11.3. The van der Waals surface area contributed by atoms with Gasteiger partial charge in [-0.2, -0.15) is 0 Å². The van der Waals surface area contributed by atoms with Crippen molar-refractivity contribution >= 4 is 11.9 Å². The molecule has 1 aromatic rings. The zero-order chi connectivity index (χ0) is 21.6. The maximum Gasteiger partial charge on any atom is 0.220 e. The van der Waals surface area contributed by atoms with Crippen LogP contribution in [0.5, 0.6) is 5.75 Å². The minimum atomic E-state index is -0.149. The number of likely N-dealkylation sites (tertiary alicyclic amines) is 1. The number of hydrogen-bond acceptors (Lipinski definition) is 4. The van der Waals surface area contributed by atoms with E-state index in [2.05, 4.69) is 29.0 Å². The molecule has 1 aliphatic heterocycles. The molecular weight excluding hydrogens is 378 g/mol. The van der Waals surface area contributed by atoms with Crippen LogP contribution in [-0.2, 0) is 11.3 Å². The number of rotatable bonds is 12. The Bertz CT molecular complexity index is 684. The molecule has 0 saturated carbocycles. The highest BCUT2D eigenvalue weighted by atomic mass is 16.5. The maximum atomic E-state index is 11.3. The molecule has 1 fully saturated rings. The summed E-state index contributed by atoms with van der Waals surface area (Å²) in [6.07, 6.45) is 5.71. The molecule has 0 spiro atoms. The summed E-state index contributed by atoms with van der Waals surface area (Å²) in [5, 5.41) is 6.71. The van der Waals surface area contributed by atoms with Crippen molar-refractivity contribution in [2.45, 2.75) is 39.2 Å². The van der Waals surface area contributed by atoms with Gasteiger partial charge in [0.1, 0.15) is 12.4 Å². The Morgan fingerprint density at radius 2 is 2.07 bits per heavy atom. The third-order valence-electron chi connectivity index (χ3n) is 5.26. The van der Waals surface area contributed by atoms with Gasteiger partial charge in [-0.1, -0.05) is 30.9 Å². The molecular formula is C23H37N5O2. The topological polar surface area (TPSA) is 92.0 Å². The number of unbranched alkanes of at least 4 members (excludes halogenated alkanes) is 1. The molecule has 1 heterocycles. The molecule has 7 heteroatoms. The lowest BCUT2D eigenvalue weighted by molar-refractivity contribution is -0.123. The molecule has 1 aliphatic rings. The van der Waals surface area contributed by atoms with E-state index in [1.54, 1.807) is 6.08 Å². The molecule has 0 atom stereocenters. The Balaban J connectivity index is 1.72. The van der Waals surface area contributed by atoms with E-state index < -0.39 is 0 Å². The van der Waals surface area contributed by atoms with Crippen LogP contribution in [0.2, 0.25) is 0 Å². The van der Waals surface area contributed by atoms with Gasteiger partial charge >= 0.3 is 0 Å². The number of nitrogens with two attached hydrogens (primary N) is 1. The van der Waals surface area contributed by atoms with Crippen molar-refractivity contribution in [3.8, 4) is 5.75 Å². The first-order valence-corrected chi connectivity index (χ1v) is 11.0. The van der Waals surface area contributed by atoms with Crippen LogP contribution < -0.4 is 21.1 Å². The smallest absolute Gasteiger partial charge is 0.220 e. The number of guanidine groups is 1. The van der Waals surface area contributed by atoms with Crippen LogP contribution in [0.3, 0.4) is 0 Å². The Hall–Kier alpha value is -2.54. The highest BCUT2D eigenvalue weighted by molar-refractivity contribution is 5.79. The van der Waals surface area contributed by atoms with E-state index in [9.17, 15) is 4.79 Å². The number of aliphatic imine (C=N–C) groups is 1. The van der Waals surface area contributed by atoms with E-state index in [1.807, 2.05) is 24.3 Å². The van der Waals surface area contributed by atoms with Crippen LogP contribution in [0.25, 0.3) is 0 Å². The second kappa shape index (κ2) is 13.6. The normalized spacial score (nSPS) is 15.6. The molecule has 1 aromatic carbocycles. The largest absolute Gasteiger partial charge is 0.489 e. The number of hydrogen-bond donors (Lipinski definition) is 3. The number of ether oxygens (including phenoxy) is 1. The van der Waals surface area contributed by atoms with Crippen molar-refractivity contribution in [2.24, 2.45) is 16.6 Å². The number of para-hydroxylation sites is 1. The van der Waals surface area contributed by atoms with Gasteiger partial charge in [0, 0.05) is 24.6 Å². The Labute approximate surface area is 180 Å². The van der Waals surface area contributed by atoms with E-state index >= 15 is 0 Å². The van der Waals surface area contributed by atoms with Crippen molar-refractivity contribution < 1.29 is 9.53 Å². The zero-order valence-electron chi connectivity index (χ0n) is 18.2. The monoisotopic (exact) mass is 415 g/mol. The fraction of sp³-hybridized carbons (Fsp3) is 0.565. The van der Waals surface area contributed by atoms with Crippen molar-refractivity contribution in [1.29, 1.82) is 0 Å². The third kappa shape index (κ3) is 8.45. The van der Waals surface area contributed by atoms with E-state index in [1.165, 1.54) is 0 Å². The van der Waals surface area contributed by atoms with Gasteiger partial charge in [-0.3, -0.25) is 4.79 Å². The van der Waals surface area contributed by atoms with Gasteiger partial charge in [-0.05, 0) is 58.3 Å². The summed E-state index contributed by atoms with van der Waals surface area (Å²) in [6, 6.07) is 7.96. The Morgan fingerprint density at radius 1 is 1.30 bits per heavy atom. The fourth-order valence-corrected chi connectivity index (χ4v) is 3.54. The average molecular weight is 416 g/mol.